The van der Waals surface area contributed by atoms with Crippen molar-refractivity contribution in [2.75, 3.05) is 0 Å². The largest absolute Gasteiger partial charge is 0.254 e. The molecule has 5 aromatic rings. The molecule has 3 heterocycles. The molecular formula is C19H11N3S. The number of fused-ring (bicyclic) bond motifs is 4. The summed E-state index contributed by atoms with van der Waals surface area (Å²) in [6, 6.07) is 18.5. The van der Waals surface area contributed by atoms with E-state index in [9.17, 15) is 0 Å². The second-order valence-corrected chi connectivity index (χ2v) is 6.42. The van der Waals surface area contributed by atoms with Gasteiger partial charge in [0.1, 0.15) is 16.0 Å². The highest BCUT2D eigenvalue weighted by Gasteiger charge is 2.11. The fourth-order valence-electron chi connectivity index (χ4n) is 2.92. The average Bonchev–Trinajstić information content (AvgIpc) is 2.99. The number of thiophene rings is 1. The molecule has 0 spiro atoms. The van der Waals surface area contributed by atoms with Gasteiger partial charge in [-0.3, -0.25) is 4.98 Å². The van der Waals surface area contributed by atoms with Crippen LogP contribution in [-0.2, 0) is 0 Å². The second kappa shape index (κ2) is 4.83. The maximum Gasteiger partial charge on any atom is 0.143 e. The summed E-state index contributed by atoms with van der Waals surface area (Å²) in [5.74, 6) is 0. The number of hydrogen-bond donors (Lipinski definition) is 0. The van der Waals surface area contributed by atoms with Gasteiger partial charge in [-0.1, -0.05) is 42.5 Å². The van der Waals surface area contributed by atoms with Crippen LogP contribution in [0.15, 0.2) is 67.0 Å². The Kier molecular flexibility index (Phi) is 2.66. The van der Waals surface area contributed by atoms with Gasteiger partial charge in [0.15, 0.2) is 0 Å². The fraction of sp³-hybridized carbons (Fsp3) is 0. The molecule has 0 amide bonds. The lowest BCUT2D eigenvalue weighted by Crippen LogP contribution is -1.90. The monoisotopic (exact) mass is 313 g/mol. The van der Waals surface area contributed by atoms with E-state index in [2.05, 4.69) is 34.2 Å². The summed E-state index contributed by atoms with van der Waals surface area (Å²) in [6.07, 6.45) is 3.65. The molecule has 3 nitrogen and oxygen atoms in total. The topological polar surface area (TPSA) is 38.7 Å². The normalized spacial score (nSPS) is 11.5. The van der Waals surface area contributed by atoms with Gasteiger partial charge in [-0.05, 0) is 17.5 Å². The summed E-state index contributed by atoms with van der Waals surface area (Å²) >= 11 is 1.68. The van der Waals surface area contributed by atoms with Gasteiger partial charge in [0, 0.05) is 21.7 Å². The van der Waals surface area contributed by atoms with Crippen LogP contribution in [0, 0.1) is 0 Å². The van der Waals surface area contributed by atoms with Crippen molar-refractivity contribution in [1.82, 2.24) is 15.0 Å². The van der Waals surface area contributed by atoms with Crippen LogP contribution in [0.25, 0.3) is 42.6 Å². The molecule has 4 heteroatoms. The van der Waals surface area contributed by atoms with Gasteiger partial charge >= 0.3 is 0 Å². The molecule has 0 fully saturated rings. The molecule has 0 atom stereocenters. The van der Waals surface area contributed by atoms with E-state index >= 15 is 0 Å². The lowest BCUT2D eigenvalue weighted by atomic mass is 10.1. The quantitative estimate of drug-likeness (QED) is 0.434. The molecule has 2 aromatic carbocycles. The zero-order valence-electron chi connectivity index (χ0n) is 12.1. The SMILES string of the molecule is c1ccc2c(-c3cnc4sc5ccccc5c4n3)nccc2c1. The van der Waals surface area contributed by atoms with Gasteiger partial charge in [-0.15, -0.1) is 11.3 Å². The summed E-state index contributed by atoms with van der Waals surface area (Å²) in [5.41, 5.74) is 2.66. The Balaban J connectivity index is 1.84. The van der Waals surface area contributed by atoms with Gasteiger partial charge in [0.25, 0.3) is 0 Å². The van der Waals surface area contributed by atoms with E-state index in [1.54, 1.807) is 11.3 Å². The number of nitrogens with zero attached hydrogens (tertiary/aromatic N) is 3. The number of benzene rings is 2. The summed E-state index contributed by atoms with van der Waals surface area (Å²) in [4.78, 5) is 15.0. The molecule has 5 rings (SSSR count). The Morgan fingerprint density at radius 2 is 1.61 bits per heavy atom. The molecule has 0 radical (unpaired) electrons. The van der Waals surface area contributed by atoms with Crippen molar-refractivity contribution in [2.24, 2.45) is 0 Å². The van der Waals surface area contributed by atoms with Crippen molar-refractivity contribution in [1.29, 1.82) is 0 Å². The standard InChI is InChI=1S/C19H11N3S/c1-2-6-13-12(5-1)9-10-20-17(13)15-11-21-19-18(22-15)14-7-3-4-8-16(14)23-19/h1-11H. The van der Waals surface area contributed by atoms with Gasteiger partial charge < -0.3 is 0 Å². The Morgan fingerprint density at radius 1 is 0.783 bits per heavy atom. The third-order valence-corrected chi connectivity index (χ3v) is 5.07. The molecule has 0 bridgehead atoms. The molecule has 0 saturated heterocycles. The molecule has 0 unspecified atom stereocenters. The van der Waals surface area contributed by atoms with Crippen LogP contribution in [0.1, 0.15) is 0 Å². The highest BCUT2D eigenvalue weighted by molar-refractivity contribution is 7.25. The predicted octanol–water partition coefficient (Wildman–Crippen LogP) is 5.06. The molecule has 108 valence electrons. The van der Waals surface area contributed by atoms with Crippen molar-refractivity contribution in [3.8, 4) is 11.4 Å². The smallest absolute Gasteiger partial charge is 0.143 e. The molecule has 0 saturated carbocycles. The number of aromatic nitrogens is 3. The van der Waals surface area contributed by atoms with Crippen LogP contribution in [0.5, 0.6) is 0 Å². The van der Waals surface area contributed by atoms with E-state index < -0.39 is 0 Å². The number of rotatable bonds is 1. The summed E-state index contributed by atoms with van der Waals surface area (Å²) < 4.78 is 1.21. The van der Waals surface area contributed by atoms with E-state index in [1.165, 1.54) is 4.70 Å². The molecule has 0 aliphatic heterocycles. The van der Waals surface area contributed by atoms with Crippen LogP contribution < -0.4 is 0 Å². The van der Waals surface area contributed by atoms with E-state index in [0.29, 0.717) is 0 Å². The minimum absolute atomic E-state index is 0.817. The minimum Gasteiger partial charge on any atom is -0.254 e. The zero-order valence-corrected chi connectivity index (χ0v) is 12.9. The molecule has 0 aliphatic carbocycles. The summed E-state index contributed by atoms with van der Waals surface area (Å²) in [5, 5.41) is 3.42. The van der Waals surface area contributed by atoms with Gasteiger partial charge in [-0.2, -0.15) is 0 Å². The van der Waals surface area contributed by atoms with Crippen molar-refractivity contribution in [2.45, 2.75) is 0 Å². The first kappa shape index (κ1) is 12.7. The van der Waals surface area contributed by atoms with Crippen LogP contribution in [-0.4, -0.2) is 15.0 Å². The fourth-order valence-corrected chi connectivity index (χ4v) is 3.91. The van der Waals surface area contributed by atoms with E-state index in [0.717, 1.165) is 37.9 Å². The van der Waals surface area contributed by atoms with Crippen molar-refractivity contribution in [3.05, 3.63) is 67.0 Å². The van der Waals surface area contributed by atoms with E-state index in [1.807, 2.05) is 42.7 Å². The van der Waals surface area contributed by atoms with Crippen molar-refractivity contribution < 1.29 is 0 Å². The summed E-state index contributed by atoms with van der Waals surface area (Å²) in [7, 11) is 0. The Morgan fingerprint density at radius 3 is 2.57 bits per heavy atom. The summed E-state index contributed by atoms with van der Waals surface area (Å²) in [6.45, 7) is 0. The molecule has 3 aromatic heterocycles. The van der Waals surface area contributed by atoms with E-state index in [-0.39, 0.29) is 0 Å². The van der Waals surface area contributed by atoms with Gasteiger partial charge in [0.2, 0.25) is 0 Å². The predicted molar refractivity (Wildman–Crippen MR) is 95.7 cm³/mol. The van der Waals surface area contributed by atoms with Crippen molar-refractivity contribution in [3.63, 3.8) is 0 Å². The lowest BCUT2D eigenvalue weighted by Gasteiger charge is -2.04. The van der Waals surface area contributed by atoms with Gasteiger partial charge in [-0.25, -0.2) is 9.97 Å². The maximum absolute atomic E-state index is 4.87. The van der Waals surface area contributed by atoms with E-state index in [4.69, 9.17) is 4.98 Å². The van der Waals surface area contributed by atoms with Crippen molar-refractivity contribution >= 4 is 42.5 Å². The molecular weight excluding hydrogens is 302 g/mol. The zero-order chi connectivity index (χ0) is 15.2. The molecule has 23 heavy (non-hydrogen) atoms. The van der Waals surface area contributed by atoms with Crippen LogP contribution >= 0.6 is 11.3 Å². The molecule has 0 aliphatic rings. The first-order valence-electron chi connectivity index (χ1n) is 7.38. The van der Waals surface area contributed by atoms with Crippen LogP contribution in [0.2, 0.25) is 0 Å². The first-order chi connectivity index (χ1) is 11.4. The van der Waals surface area contributed by atoms with Crippen LogP contribution in [0.3, 0.4) is 0 Å². The highest BCUT2D eigenvalue weighted by Crippen LogP contribution is 2.33. The Hall–Kier alpha value is -2.85. The van der Waals surface area contributed by atoms with Gasteiger partial charge in [0.05, 0.1) is 11.9 Å². The average molecular weight is 313 g/mol. The Labute approximate surface area is 136 Å². The Bertz CT molecular complexity index is 1170. The lowest BCUT2D eigenvalue weighted by molar-refractivity contribution is 1.26. The molecule has 0 N–H and O–H groups in total. The highest BCUT2D eigenvalue weighted by atomic mass is 32.1. The first-order valence-corrected chi connectivity index (χ1v) is 8.20. The maximum atomic E-state index is 4.87. The van der Waals surface area contributed by atoms with Crippen LogP contribution in [0.4, 0.5) is 0 Å². The third-order valence-electron chi connectivity index (χ3n) is 4.00. The number of hydrogen-bond acceptors (Lipinski definition) is 4. The minimum atomic E-state index is 0.817. The number of pyridine rings is 1. The third kappa shape index (κ3) is 1.92. The second-order valence-electron chi connectivity index (χ2n) is 5.39.